The zero-order valence-electron chi connectivity index (χ0n) is 13.4. The van der Waals surface area contributed by atoms with Crippen LogP contribution in [0.25, 0.3) is 48.5 Å². The first-order chi connectivity index (χ1) is 11.8. The van der Waals surface area contributed by atoms with Crippen LogP contribution in [0.15, 0.2) is 72.8 Å². The molecule has 0 fully saturated rings. The fourth-order valence-electron chi connectivity index (χ4n) is 3.62. The van der Waals surface area contributed by atoms with E-state index < -0.39 is 0 Å². The number of hydrogen-bond acceptors (Lipinski definition) is 1. The second kappa shape index (κ2) is 5.19. The molecule has 0 aliphatic rings. The Morgan fingerprint density at radius 2 is 1.42 bits per heavy atom. The molecule has 0 aliphatic heterocycles. The predicted molar refractivity (Wildman–Crippen MR) is 109 cm³/mol. The molecular formula is C23H16S. The maximum Gasteiger partial charge on any atom is 0.0355 e. The molecule has 0 bridgehead atoms. The van der Waals surface area contributed by atoms with E-state index in [1.54, 1.807) is 0 Å². The third-order valence-corrected chi connectivity index (χ3v) is 5.80. The summed E-state index contributed by atoms with van der Waals surface area (Å²) in [7, 11) is 0. The second-order valence-corrected chi connectivity index (χ2v) is 7.32. The van der Waals surface area contributed by atoms with Crippen molar-refractivity contribution in [3.05, 3.63) is 77.7 Å². The van der Waals surface area contributed by atoms with E-state index >= 15 is 0 Å². The van der Waals surface area contributed by atoms with Crippen LogP contribution in [0.2, 0.25) is 0 Å². The number of hydrogen-bond donors (Lipinski definition) is 0. The largest absolute Gasteiger partial charge is 0.136 e. The van der Waals surface area contributed by atoms with Gasteiger partial charge in [-0.3, -0.25) is 0 Å². The first-order valence-electron chi connectivity index (χ1n) is 8.24. The molecule has 0 N–H and O–H groups in total. The van der Waals surface area contributed by atoms with Gasteiger partial charge in [0.2, 0.25) is 0 Å². The number of allylic oxidation sites excluding steroid dienone is 1. The fraction of sp³-hybridized carbons (Fsp3) is 0.0435. The molecule has 0 aliphatic carbocycles. The van der Waals surface area contributed by atoms with Crippen LogP contribution >= 0.6 is 11.3 Å². The minimum Gasteiger partial charge on any atom is -0.136 e. The van der Waals surface area contributed by atoms with Gasteiger partial charge in [0.25, 0.3) is 0 Å². The highest BCUT2D eigenvalue weighted by molar-refractivity contribution is 7.20. The predicted octanol–water partition coefficient (Wildman–Crippen LogP) is 7.39. The van der Waals surface area contributed by atoms with E-state index in [0.717, 1.165) is 0 Å². The summed E-state index contributed by atoms with van der Waals surface area (Å²) in [6.07, 6.45) is 4.29. The number of thiophene rings is 1. The van der Waals surface area contributed by atoms with Crippen LogP contribution in [0.5, 0.6) is 0 Å². The van der Waals surface area contributed by atoms with E-state index in [1.165, 1.54) is 47.3 Å². The maximum atomic E-state index is 2.33. The molecule has 0 unspecified atom stereocenters. The van der Waals surface area contributed by atoms with Gasteiger partial charge >= 0.3 is 0 Å². The van der Waals surface area contributed by atoms with Crippen molar-refractivity contribution in [2.75, 3.05) is 0 Å². The quantitative estimate of drug-likeness (QED) is 0.223. The number of benzene rings is 4. The van der Waals surface area contributed by atoms with Crippen molar-refractivity contribution in [3.8, 4) is 0 Å². The Morgan fingerprint density at radius 1 is 0.667 bits per heavy atom. The number of rotatable bonds is 1. The van der Waals surface area contributed by atoms with Gasteiger partial charge in [-0.15, -0.1) is 11.3 Å². The summed E-state index contributed by atoms with van der Waals surface area (Å²) in [6, 6.07) is 24.6. The standard InChI is InChI=1S/C23H16S/c1-2-5-18-14-22-20-9-8-17-12-15-6-3-4-7-16(15)13-21(17)19(20)10-11-23(22)24-18/h2-14H,1H3/b5-2+. The Bertz CT molecular complexity index is 1250. The van der Waals surface area contributed by atoms with Gasteiger partial charge in [0.15, 0.2) is 0 Å². The van der Waals surface area contributed by atoms with E-state index in [4.69, 9.17) is 0 Å². The molecule has 114 valence electrons. The summed E-state index contributed by atoms with van der Waals surface area (Å²) in [6.45, 7) is 2.07. The van der Waals surface area contributed by atoms with Crippen molar-refractivity contribution < 1.29 is 0 Å². The van der Waals surface area contributed by atoms with Crippen LogP contribution in [0.1, 0.15) is 11.8 Å². The lowest BCUT2D eigenvalue weighted by Crippen LogP contribution is -1.80. The van der Waals surface area contributed by atoms with Crippen LogP contribution < -0.4 is 0 Å². The molecule has 0 amide bonds. The van der Waals surface area contributed by atoms with E-state index in [2.05, 4.69) is 85.8 Å². The molecule has 0 atom stereocenters. The van der Waals surface area contributed by atoms with Gasteiger partial charge in [0.05, 0.1) is 0 Å². The van der Waals surface area contributed by atoms with Crippen molar-refractivity contribution in [1.82, 2.24) is 0 Å². The maximum absolute atomic E-state index is 2.33. The normalized spacial score (nSPS) is 12.2. The average Bonchev–Trinajstić information content (AvgIpc) is 3.03. The molecule has 0 spiro atoms. The van der Waals surface area contributed by atoms with Gasteiger partial charge < -0.3 is 0 Å². The Morgan fingerprint density at radius 3 is 2.25 bits per heavy atom. The van der Waals surface area contributed by atoms with Gasteiger partial charge in [-0.1, -0.05) is 48.5 Å². The summed E-state index contributed by atoms with van der Waals surface area (Å²) in [5.74, 6) is 0. The molecule has 5 aromatic rings. The van der Waals surface area contributed by atoms with Crippen molar-refractivity contribution in [2.45, 2.75) is 6.92 Å². The Labute approximate surface area is 144 Å². The van der Waals surface area contributed by atoms with Crippen LogP contribution in [-0.2, 0) is 0 Å². The van der Waals surface area contributed by atoms with Crippen molar-refractivity contribution in [1.29, 1.82) is 0 Å². The van der Waals surface area contributed by atoms with Gasteiger partial charge in [-0.05, 0) is 69.6 Å². The summed E-state index contributed by atoms with van der Waals surface area (Å²) >= 11 is 1.86. The van der Waals surface area contributed by atoms with E-state index in [0.29, 0.717) is 0 Å². The highest BCUT2D eigenvalue weighted by atomic mass is 32.1. The van der Waals surface area contributed by atoms with Crippen LogP contribution in [0.4, 0.5) is 0 Å². The molecule has 0 saturated carbocycles. The molecule has 24 heavy (non-hydrogen) atoms. The van der Waals surface area contributed by atoms with Gasteiger partial charge in [-0.25, -0.2) is 0 Å². The minimum atomic E-state index is 1.30. The van der Waals surface area contributed by atoms with Crippen LogP contribution in [0, 0.1) is 0 Å². The van der Waals surface area contributed by atoms with Gasteiger partial charge in [0.1, 0.15) is 0 Å². The highest BCUT2D eigenvalue weighted by Crippen LogP contribution is 2.36. The van der Waals surface area contributed by atoms with Crippen LogP contribution in [-0.4, -0.2) is 0 Å². The summed E-state index contributed by atoms with van der Waals surface area (Å²) in [5, 5.41) is 9.31. The monoisotopic (exact) mass is 324 g/mol. The van der Waals surface area contributed by atoms with Crippen molar-refractivity contribution in [2.24, 2.45) is 0 Å². The SMILES string of the molecule is C/C=C/c1cc2c(ccc3c4cc5ccccc5cc4ccc23)s1. The molecular weight excluding hydrogens is 308 g/mol. The fourth-order valence-corrected chi connectivity index (χ4v) is 4.67. The van der Waals surface area contributed by atoms with E-state index in [1.807, 2.05) is 11.3 Å². The molecule has 1 heterocycles. The molecule has 5 rings (SSSR count). The molecule has 1 aromatic heterocycles. The molecule has 0 saturated heterocycles. The Balaban J connectivity index is 1.92. The summed E-state index contributed by atoms with van der Waals surface area (Å²) in [4.78, 5) is 1.32. The number of fused-ring (bicyclic) bond motifs is 6. The Kier molecular flexibility index (Phi) is 2.97. The Hall–Kier alpha value is -2.64. The zero-order valence-corrected chi connectivity index (χ0v) is 14.2. The molecule has 4 aromatic carbocycles. The van der Waals surface area contributed by atoms with Crippen LogP contribution in [0.3, 0.4) is 0 Å². The zero-order chi connectivity index (χ0) is 16.1. The molecule has 0 nitrogen and oxygen atoms in total. The lowest BCUT2D eigenvalue weighted by atomic mass is 9.97. The lowest BCUT2D eigenvalue weighted by molar-refractivity contribution is 1.79. The van der Waals surface area contributed by atoms with Crippen molar-refractivity contribution >= 4 is 59.8 Å². The summed E-state index contributed by atoms with van der Waals surface area (Å²) < 4.78 is 1.36. The highest BCUT2D eigenvalue weighted by Gasteiger charge is 2.08. The third kappa shape index (κ3) is 1.98. The smallest absolute Gasteiger partial charge is 0.0355 e. The minimum absolute atomic E-state index is 1.30. The first-order valence-corrected chi connectivity index (χ1v) is 9.05. The average molecular weight is 324 g/mol. The first kappa shape index (κ1) is 13.8. The second-order valence-electron chi connectivity index (χ2n) is 6.21. The van der Waals surface area contributed by atoms with Crippen molar-refractivity contribution in [3.63, 3.8) is 0 Å². The molecule has 1 heteroatoms. The van der Waals surface area contributed by atoms with E-state index in [9.17, 15) is 0 Å². The topological polar surface area (TPSA) is 0 Å². The van der Waals surface area contributed by atoms with E-state index in [-0.39, 0.29) is 0 Å². The third-order valence-electron chi connectivity index (χ3n) is 4.73. The molecule has 0 radical (unpaired) electrons. The van der Waals surface area contributed by atoms with Gasteiger partial charge in [-0.2, -0.15) is 0 Å². The van der Waals surface area contributed by atoms with Gasteiger partial charge in [0, 0.05) is 15.0 Å². The lowest BCUT2D eigenvalue weighted by Gasteiger charge is -2.07. The summed E-state index contributed by atoms with van der Waals surface area (Å²) in [5.41, 5.74) is 0.